The van der Waals surface area contributed by atoms with E-state index < -0.39 is 0 Å². The molecule has 0 N–H and O–H groups in total. The predicted molar refractivity (Wildman–Crippen MR) is 128 cm³/mol. The molecule has 0 aliphatic carbocycles. The number of methoxy groups -OCH3 is 1. The number of nitrogens with zero attached hydrogens (tertiary/aromatic N) is 5. The summed E-state index contributed by atoms with van der Waals surface area (Å²) < 4.78 is 12.9. The maximum absolute atomic E-state index is 13.0. The number of fused-ring (bicyclic) bond motifs is 1. The van der Waals surface area contributed by atoms with Crippen molar-refractivity contribution < 1.29 is 14.1 Å². The Labute approximate surface area is 198 Å². The Morgan fingerprint density at radius 3 is 2.74 bits per heavy atom. The zero-order valence-electron chi connectivity index (χ0n) is 19.8. The third kappa shape index (κ3) is 4.27. The van der Waals surface area contributed by atoms with Crippen LogP contribution in [0.25, 0.3) is 11.2 Å². The second-order valence-corrected chi connectivity index (χ2v) is 8.86. The number of piperidine rings is 1. The standard InChI is InChI=1S/C26H29N5O3/c1-17-22(18(2)34-29-17)16-25(32)30-12-9-20(10-13-30)31-24(28-23-8-5-11-27-26(23)31)15-19-6-4-7-21(14-19)33-3/h4-8,11,14,20H,9-10,12-13,15-16H2,1-3H3. The first kappa shape index (κ1) is 22.1. The van der Waals surface area contributed by atoms with Crippen LogP contribution in [0, 0.1) is 13.8 Å². The largest absolute Gasteiger partial charge is 0.497 e. The number of rotatable bonds is 6. The van der Waals surface area contributed by atoms with Crippen LogP contribution in [0.2, 0.25) is 0 Å². The van der Waals surface area contributed by atoms with Crippen LogP contribution in [0.1, 0.15) is 47.3 Å². The van der Waals surface area contributed by atoms with Gasteiger partial charge in [-0.3, -0.25) is 4.79 Å². The number of likely N-dealkylation sites (tertiary alicyclic amines) is 1. The molecule has 1 saturated heterocycles. The summed E-state index contributed by atoms with van der Waals surface area (Å²) >= 11 is 0. The smallest absolute Gasteiger partial charge is 0.227 e. The number of amides is 1. The van der Waals surface area contributed by atoms with Gasteiger partial charge in [0.25, 0.3) is 0 Å². The van der Waals surface area contributed by atoms with Crippen molar-refractivity contribution >= 4 is 17.1 Å². The molecule has 4 aromatic rings. The molecule has 1 aliphatic rings. The van der Waals surface area contributed by atoms with E-state index in [0.29, 0.717) is 25.9 Å². The van der Waals surface area contributed by atoms with Crippen molar-refractivity contribution in [2.75, 3.05) is 20.2 Å². The van der Waals surface area contributed by atoms with Crippen molar-refractivity contribution in [1.82, 2.24) is 24.6 Å². The summed E-state index contributed by atoms with van der Waals surface area (Å²) in [6.07, 6.45) is 4.57. The fourth-order valence-corrected chi connectivity index (χ4v) is 4.84. The van der Waals surface area contributed by atoms with Gasteiger partial charge in [-0.2, -0.15) is 0 Å². The second kappa shape index (κ2) is 9.29. The Balaban J connectivity index is 1.35. The molecule has 0 saturated carbocycles. The first-order chi connectivity index (χ1) is 16.5. The Morgan fingerprint density at radius 1 is 1.18 bits per heavy atom. The molecule has 4 heterocycles. The summed E-state index contributed by atoms with van der Waals surface area (Å²) in [5, 5.41) is 3.97. The van der Waals surface area contributed by atoms with E-state index in [1.54, 1.807) is 7.11 Å². The Kier molecular flexibility index (Phi) is 6.04. The van der Waals surface area contributed by atoms with Gasteiger partial charge in [-0.1, -0.05) is 17.3 Å². The van der Waals surface area contributed by atoms with Gasteiger partial charge in [-0.15, -0.1) is 0 Å². The normalized spacial score (nSPS) is 14.6. The lowest BCUT2D eigenvalue weighted by molar-refractivity contribution is -0.131. The van der Waals surface area contributed by atoms with E-state index >= 15 is 0 Å². The number of carbonyl (C=O) groups excluding carboxylic acids is 1. The lowest BCUT2D eigenvalue weighted by Gasteiger charge is -2.33. The minimum absolute atomic E-state index is 0.123. The zero-order valence-corrected chi connectivity index (χ0v) is 19.8. The lowest BCUT2D eigenvalue weighted by Crippen LogP contribution is -2.40. The van der Waals surface area contributed by atoms with Gasteiger partial charge < -0.3 is 18.7 Å². The maximum atomic E-state index is 13.0. The summed E-state index contributed by atoms with van der Waals surface area (Å²) in [4.78, 5) is 24.5. The molecule has 34 heavy (non-hydrogen) atoms. The fourth-order valence-electron chi connectivity index (χ4n) is 4.84. The number of imidazole rings is 1. The van der Waals surface area contributed by atoms with Crippen molar-refractivity contribution in [3.05, 3.63) is 71.0 Å². The van der Waals surface area contributed by atoms with Crippen LogP contribution >= 0.6 is 0 Å². The van der Waals surface area contributed by atoms with E-state index in [1.165, 1.54) is 0 Å². The summed E-state index contributed by atoms with van der Waals surface area (Å²) in [5.74, 6) is 2.67. The van der Waals surface area contributed by atoms with Crippen molar-refractivity contribution in [3.8, 4) is 5.75 Å². The van der Waals surface area contributed by atoms with Crippen LogP contribution < -0.4 is 4.74 Å². The Morgan fingerprint density at radius 2 is 2.00 bits per heavy atom. The number of pyridine rings is 1. The van der Waals surface area contributed by atoms with Gasteiger partial charge in [0.2, 0.25) is 5.91 Å². The van der Waals surface area contributed by atoms with Gasteiger partial charge in [-0.25, -0.2) is 9.97 Å². The molecule has 3 aromatic heterocycles. The van der Waals surface area contributed by atoms with Gasteiger partial charge in [0.15, 0.2) is 5.65 Å². The van der Waals surface area contributed by atoms with Crippen LogP contribution in [0.15, 0.2) is 47.1 Å². The molecule has 1 amide bonds. The number of aryl methyl sites for hydroxylation is 2. The number of ether oxygens (including phenoxy) is 1. The minimum atomic E-state index is 0.123. The van der Waals surface area contributed by atoms with E-state index in [4.69, 9.17) is 14.2 Å². The Hall–Kier alpha value is -3.68. The van der Waals surface area contributed by atoms with Crippen molar-refractivity contribution in [3.63, 3.8) is 0 Å². The molecule has 5 rings (SSSR count). The lowest BCUT2D eigenvalue weighted by atomic mass is 10.0. The number of benzene rings is 1. The molecular weight excluding hydrogens is 430 g/mol. The first-order valence-electron chi connectivity index (χ1n) is 11.7. The second-order valence-electron chi connectivity index (χ2n) is 8.86. The molecule has 8 heteroatoms. The van der Waals surface area contributed by atoms with E-state index in [0.717, 1.165) is 58.2 Å². The van der Waals surface area contributed by atoms with E-state index in [2.05, 4.69) is 20.8 Å². The van der Waals surface area contributed by atoms with Crippen molar-refractivity contribution in [2.24, 2.45) is 0 Å². The summed E-state index contributed by atoms with van der Waals surface area (Å²) in [6, 6.07) is 12.3. The van der Waals surface area contributed by atoms with Gasteiger partial charge in [0, 0.05) is 37.3 Å². The van der Waals surface area contributed by atoms with Crippen LogP contribution in [0.4, 0.5) is 0 Å². The van der Waals surface area contributed by atoms with Crippen LogP contribution in [0.5, 0.6) is 5.75 Å². The molecule has 1 fully saturated rings. The quantitative estimate of drug-likeness (QED) is 0.433. The van der Waals surface area contributed by atoms with Crippen LogP contribution in [-0.2, 0) is 17.6 Å². The van der Waals surface area contributed by atoms with Gasteiger partial charge in [0.05, 0.1) is 19.2 Å². The number of hydrogen-bond donors (Lipinski definition) is 0. The topological polar surface area (TPSA) is 86.3 Å². The molecule has 8 nitrogen and oxygen atoms in total. The molecule has 0 spiro atoms. The number of carbonyl (C=O) groups is 1. The average Bonchev–Trinajstić information content (AvgIpc) is 3.38. The van der Waals surface area contributed by atoms with Crippen LogP contribution in [-0.4, -0.2) is 50.7 Å². The van der Waals surface area contributed by atoms with Crippen molar-refractivity contribution in [2.45, 2.75) is 45.6 Å². The molecule has 0 bridgehead atoms. The zero-order chi connectivity index (χ0) is 23.7. The summed E-state index contributed by atoms with van der Waals surface area (Å²) in [6.45, 7) is 5.15. The molecule has 176 valence electrons. The van der Waals surface area contributed by atoms with Gasteiger partial charge in [0.1, 0.15) is 22.9 Å². The first-order valence-corrected chi connectivity index (χ1v) is 11.7. The Bertz CT molecular complexity index is 1300. The fraction of sp³-hybridized carbons (Fsp3) is 0.385. The summed E-state index contributed by atoms with van der Waals surface area (Å²) in [5.41, 5.74) is 4.64. The SMILES string of the molecule is COc1cccc(Cc2nc3cccnc3n2C2CCN(C(=O)Cc3c(C)noc3C)CC2)c1. The maximum Gasteiger partial charge on any atom is 0.227 e. The van der Waals surface area contributed by atoms with Gasteiger partial charge >= 0.3 is 0 Å². The highest BCUT2D eigenvalue weighted by molar-refractivity contribution is 5.79. The highest BCUT2D eigenvalue weighted by atomic mass is 16.5. The minimum Gasteiger partial charge on any atom is -0.497 e. The van der Waals surface area contributed by atoms with E-state index in [9.17, 15) is 4.79 Å². The summed E-state index contributed by atoms with van der Waals surface area (Å²) in [7, 11) is 1.68. The third-order valence-electron chi connectivity index (χ3n) is 6.71. The molecule has 0 radical (unpaired) electrons. The third-order valence-corrected chi connectivity index (χ3v) is 6.71. The molecule has 1 aromatic carbocycles. The molecule has 0 unspecified atom stereocenters. The number of hydrogen-bond acceptors (Lipinski definition) is 6. The van der Waals surface area contributed by atoms with Crippen LogP contribution in [0.3, 0.4) is 0 Å². The number of aromatic nitrogens is 4. The highest BCUT2D eigenvalue weighted by Crippen LogP contribution is 2.30. The monoisotopic (exact) mass is 459 g/mol. The van der Waals surface area contributed by atoms with Crippen molar-refractivity contribution in [1.29, 1.82) is 0 Å². The average molecular weight is 460 g/mol. The van der Waals surface area contributed by atoms with E-state index in [1.807, 2.05) is 55.3 Å². The molecule has 0 atom stereocenters. The van der Waals surface area contributed by atoms with E-state index in [-0.39, 0.29) is 11.9 Å². The molecule has 1 aliphatic heterocycles. The van der Waals surface area contributed by atoms with Gasteiger partial charge in [-0.05, 0) is 56.5 Å². The predicted octanol–water partition coefficient (Wildman–Crippen LogP) is 4.04. The highest BCUT2D eigenvalue weighted by Gasteiger charge is 2.28. The molecular formula is C26H29N5O3.